The van der Waals surface area contributed by atoms with Crippen LogP contribution in [-0.4, -0.2) is 19.1 Å². The summed E-state index contributed by atoms with van der Waals surface area (Å²) in [6.45, 7) is 1.40. The zero-order valence-corrected chi connectivity index (χ0v) is 9.82. The van der Waals surface area contributed by atoms with Crippen LogP contribution in [0.25, 0.3) is 0 Å². The molecule has 1 aromatic carbocycles. The van der Waals surface area contributed by atoms with Crippen LogP contribution in [-0.2, 0) is 6.18 Å². The lowest BCUT2D eigenvalue weighted by atomic mass is 10.1. The van der Waals surface area contributed by atoms with Crippen LogP contribution >= 0.6 is 15.9 Å². The summed E-state index contributed by atoms with van der Waals surface area (Å²) in [6, 6.07) is 4.02. The van der Waals surface area contributed by atoms with Crippen LogP contribution in [0.2, 0.25) is 0 Å². The van der Waals surface area contributed by atoms with Crippen molar-refractivity contribution in [2.75, 3.05) is 18.4 Å². The molecule has 1 aromatic rings. The van der Waals surface area contributed by atoms with E-state index in [2.05, 4.69) is 26.6 Å². The second-order valence-electron chi connectivity index (χ2n) is 3.69. The number of alkyl halides is 3. The Morgan fingerprint density at radius 3 is 2.50 bits per heavy atom. The SMILES string of the molecule is FC(F)(F)c1ccc(Br)cc1NC1CNC1. The second kappa shape index (κ2) is 4.25. The molecule has 0 aromatic heterocycles. The van der Waals surface area contributed by atoms with Gasteiger partial charge in [0.05, 0.1) is 11.6 Å². The van der Waals surface area contributed by atoms with Gasteiger partial charge in [-0.15, -0.1) is 0 Å². The van der Waals surface area contributed by atoms with Crippen molar-refractivity contribution < 1.29 is 13.2 Å². The molecule has 1 aliphatic rings. The first-order chi connectivity index (χ1) is 7.47. The van der Waals surface area contributed by atoms with E-state index in [1.807, 2.05) is 0 Å². The third-order valence-electron chi connectivity index (χ3n) is 2.43. The number of hydrogen-bond acceptors (Lipinski definition) is 2. The summed E-state index contributed by atoms with van der Waals surface area (Å²) in [5, 5.41) is 5.88. The van der Waals surface area contributed by atoms with Crippen LogP contribution in [0.4, 0.5) is 18.9 Å². The fraction of sp³-hybridized carbons (Fsp3) is 0.400. The van der Waals surface area contributed by atoms with Crippen molar-refractivity contribution in [3.63, 3.8) is 0 Å². The molecule has 0 aliphatic carbocycles. The van der Waals surface area contributed by atoms with Gasteiger partial charge in [0.2, 0.25) is 0 Å². The summed E-state index contributed by atoms with van der Waals surface area (Å²) in [5.41, 5.74) is -0.490. The highest BCUT2D eigenvalue weighted by Gasteiger charge is 2.34. The van der Waals surface area contributed by atoms with Gasteiger partial charge >= 0.3 is 6.18 Å². The minimum Gasteiger partial charge on any atom is -0.379 e. The molecule has 0 saturated carbocycles. The third kappa shape index (κ3) is 2.49. The quantitative estimate of drug-likeness (QED) is 0.876. The molecule has 0 spiro atoms. The van der Waals surface area contributed by atoms with Crippen molar-refractivity contribution in [2.45, 2.75) is 12.2 Å². The zero-order chi connectivity index (χ0) is 11.8. The van der Waals surface area contributed by atoms with Gasteiger partial charge in [-0.1, -0.05) is 15.9 Å². The standard InChI is InChI=1S/C10H10BrF3N2/c11-6-1-2-8(10(12,13)14)9(3-6)16-7-4-15-5-7/h1-3,7,15-16H,4-5H2. The Bertz CT molecular complexity index is 388. The van der Waals surface area contributed by atoms with Crippen molar-refractivity contribution in [3.05, 3.63) is 28.2 Å². The molecule has 0 unspecified atom stereocenters. The van der Waals surface area contributed by atoms with Gasteiger partial charge in [0, 0.05) is 23.2 Å². The molecule has 0 amide bonds. The molecule has 16 heavy (non-hydrogen) atoms. The normalized spacial score (nSPS) is 17.0. The summed E-state index contributed by atoms with van der Waals surface area (Å²) in [6.07, 6.45) is -4.32. The zero-order valence-electron chi connectivity index (χ0n) is 8.24. The number of halogens is 4. The maximum absolute atomic E-state index is 12.7. The predicted molar refractivity (Wildman–Crippen MR) is 59.4 cm³/mol. The van der Waals surface area contributed by atoms with Crippen molar-refractivity contribution in [1.82, 2.24) is 5.32 Å². The van der Waals surface area contributed by atoms with E-state index in [4.69, 9.17) is 0 Å². The highest BCUT2D eigenvalue weighted by Crippen LogP contribution is 2.36. The van der Waals surface area contributed by atoms with Crippen LogP contribution in [0.1, 0.15) is 5.56 Å². The van der Waals surface area contributed by atoms with Gasteiger partial charge in [-0.2, -0.15) is 13.2 Å². The number of rotatable bonds is 2. The van der Waals surface area contributed by atoms with Crippen molar-refractivity contribution >= 4 is 21.6 Å². The fourth-order valence-corrected chi connectivity index (χ4v) is 1.85. The maximum atomic E-state index is 12.7. The first-order valence-corrected chi connectivity index (χ1v) is 5.60. The lowest BCUT2D eigenvalue weighted by Crippen LogP contribution is -2.51. The van der Waals surface area contributed by atoms with Gasteiger partial charge in [-0.25, -0.2) is 0 Å². The van der Waals surface area contributed by atoms with Crippen molar-refractivity contribution in [3.8, 4) is 0 Å². The number of benzene rings is 1. The number of nitrogens with one attached hydrogen (secondary N) is 2. The summed E-state index contributed by atoms with van der Waals surface area (Å²) < 4.78 is 38.7. The molecule has 0 bridgehead atoms. The van der Waals surface area contributed by atoms with Crippen LogP contribution < -0.4 is 10.6 Å². The molecule has 0 radical (unpaired) electrons. The molecule has 0 atom stereocenters. The predicted octanol–water partition coefficient (Wildman–Crippen LogP) is 2.85. The Kier molecular flexibility index (Phi) is 3.12. The van der Waals surface area contributed by atoms with Gasteiger partial charge in [0.15, 0.2) is 0 Å². The van der Waals surface area contributed by atoms with Crippen LogP contribution in [0.15, 0.2) is 22.7 Å². The summed E-state index contributed by atoms with van der Waals surface area (Å²) in [4.78, 5) is 0. The monoisotopic (exact) mass is 294 g/mol. The molecular formula is C10H10BrF3N2. The molecular weight excluding hydrogens is 285 g/mol. The highest BCUT2D eigenvalue weighted by molar-refractivity contribution is 9.10. The van der Waals surface area contributed by atoms with Crippen LogP contribution in [0, 0.1) is 0 Å². The van der Waals surface area contributed by atoms with Crippen LogP contribution in [0.3, 0.4) is 0 Å². The van der Waals surface area contributed by atoms with Crippen molar-refractivity contribution in [1.29, 1.82) is 0 Å². The Balaban J connectivity index is 2.28. The van der Waals surface area contributed by atoms with E-state index < -0.39 is 11.7 Å². The molecule has 1 aliphatic heterocycles. The summed E-state index contributed by atoms with van der Waals surface area (Å²) in [7, 11) is 0. The molecule has 2 nitrogen and oxygen atoms in total. The highest BCUT2D eigenvalue weighted by atomic mass is 79.9. The van der Waals surface area contributed by atoms with Crippen molar-refractivity contribution in [2.24, 2.45) is 0 Å². The smallest absolute Gasteiger partial charge is 0.379 e. The largest absolute Gasteiger partial charge is 0.418 e. The van der Waals surface area contributed by atoms with E-state index in [0.29, 0.717) is 17.6 Å². The van der Waals surface area contributed by atoms with E-state index >= 15 is 0 Å². The van der Waals surface area contributed by atoms with Gasteiger partial charge < -0.3 is 10.6 Å². The van der Waals surface area contributed by atoms with E-state index in [-0.39, 0.29) is 11.7 Å². The lowest BCUT2D eigenvalue weighted by molar-refractivity contribution is -0.137. The molecule has 2 N–H and O–H groups in total. The maximum Gasteiger partial charge on any atom is 0.418 e. The summed E-state index contributed by atoms with van der Waals surface area (Å²) >= 11 is 3.17. The first kappa shape index (κ1) is 11.7. The summed E-state index contributed by atoms with van der Waals surface area (Å²) in [5.74, 6) is 0. The first-order valence-electron chi connectivity index (χ1n) is 4.81. The van der Waals surface area contributed by atoms with Gasteiger partial charge in [0.25, 0.3) is 0 Å². The number of hydrogen-bond donors (Lipinski definition) is 2. The molecule has 6 heteroatoms. The van der Waals surface area contributed by atoms with Gasteiger partial charge in [0.1, 0.15) is 0 Å². The molecule has 1 heterocycles. The molecule has 88 valence electrons. The third-order valence-corrected chi connectivity index (χ3v) is 2.92. The Morgan fingerprint density at radius 2 is 2.00 bits per heavy atom. The fourth-order valence-electron chi connectivity index (χ4n) is 1.49. The van der Waals surface area contributed by atoms with E-state index in [1.54, 1.807) is 0 Å². The average molecular weight is 295 g/mol. The Hall–Kier alpha value is -0.750. The lowest BCUT2D eigenvalue weighted by Gasteiger charge is -2.30. The second-order valence-corrected chi connectivity index (χ2v) is 4.60. The average Bonchev–Trinajstić information content (AvgIpc) is 2.09. The molecule has 2 rings (SSSR count). The minimum atomic E-state index is -4.32. The van der Waals surface area contributed by atoms with Gasteiger partial charge in [-0.3, -0.25) is 0 Å². The van der Waals surface area contributed by atoms with Crippen LogP contribution in [0.5, 0.6) is 0 Å². The van der Waals surface area contributed by atoms with E-state index in [9.17, 15) is 13.2 Å². The van der Waals surface area contributed by atoms with E-state index in [1.165, 1.54) is 12.1 Å². The molecule has 1 saturated heterocycles. The Morgan fingerprint density at radius 1 is 1.31 bits per heavy atom. The van der Waals surface area contributed by atoms with E-state index in [0.717, 1.165) is 6.07 Å². The van der Waals surface area contributed by atoms with Gasteiger partial charge in [-0.05, 0) is 18.2 Å². The Labute approximate surface area is 99.3 Å². The minimum absolute atomic E-state index is 0.0791. The number of anilines is 1. The molecule has 1 fully saturated rings. The topological polar surface area (TPSA) is 24.1 Å².